The minimum atomic E-state index is -0.996. The van der Waals surface area contributed by atoms with Crippen LogP contribution in [0.2, 0.25) is 0 Å². The van der Waals surface area contributed by atoms with Crippen LogP contribution in [0.25, 0.3) is 0 Å². The summed E-state index contributed by atoms with van der Waals surface area (Å²) in [5, 5.41) is 23.6. The Hall–Kier alpha value is -2.91. The Morgan fingerprint density at radius 2 is 2.06 bits per heavy atom. The standard InChI is InChI=1S/C22H29N5O3S/c1-3-23-21(26-15-22(2,30)18-8-11-31-14-18)25-12-16-4-6-17(7-5-16)20(29)27-10-9-24-19(28)13-27/h4-8,11,14,30H,3,9-10,12-13,15H2,1-2H3,(H,24,28)(H2,23,25,26). The Balaban J connectivity index is 1.59. The molecule has 0 bridgehead atoms. The van der Waals surface area contributed by atoms with Gasteiger partial charge in [-0.15, -0.1) is 0 Å². The molecule has 4 N–H and O–H groups in total. The average Bonchev–Trinajstić information content (AvgIpc) is 3.32. The van der Waals surface area contributed by atoms with Gasteiger partial charge < -0.3 is 26.0 Å². The van der Waals surface area contributed by atoms with E-state index < -0.39 is 5.60 Å². The maximum absolute atomic E-state index is 12.6. The molecular weight excluding hydrogens is 414 g/mol. The molecule has 0 spiro atoms. The number of amides is 2. The summed E-state index contributed by atoms with van der Waals surface area (Å²) in [4.78, 5) is 30.2. The number of benzene rings is 1. The zero-order chi connectivity index (χ0) is 22.3. The van der Waals surface area contributed by atoms with Gasteiger partial charge in [-0.25, -0.2) is 4.99 Å². The second-order valence-electron chi connectivity index (χ2n) is 7.61. The molecule has 2 aromatic rings. The molecule has 3 rings (SSSR count). The van der Waals surface area contributed by atoms with E-state index in [1.54, 1.807) is 35.3 Å². The van der Waals surface area contributed by atoms with Crippen LogP contribution in [0.3, 0.4) is 0 Å². The van der Waals surface area contributed by atoms with Gasteiger partial charge in [0.2, 0.25) is 5.91 Å². The Labute approximate surface area is 186 Å². The molecule has 1 atom stereocenters. The highest BCUT2D eigenvalue weighted by Crippen LogP contribution is 2.22. The molecule has 1 aliphatic heterocycles. The van der Waals surface area contributed by atoms with E-state index in [1.807, 2.05) is 35.9 Å². The SMILES string of the molecule is CCNC(=NCc1ccc(C(=O)N2CCNC(=O)C2)cc1)NCC(C)(O)c1ccsc1. The molecule has 1 aromatic carbocycles. The molecular formula is C22H29N5O3S. The number of piperazine rings is 1. The van der Waals surface area contributed by atoms with E-state index in [0.29, 0.717) is 44.2 Å². The third-order valence-corrected chi connectivity index (χ3v) is 5.72. The summed E-state index contributed by atoms with van der Waals surface area (Å²) in [5.41, 5.74) is 1.38. The summed E-state index contributed by atoms with van der Waals surface area (Å²) >= 11 is 1.55. The molecule has 1 unspecified atom stereocenters. The third kappa shape index (κ3) is 6.28. The fourth-order valence-electron chi connectivity index (χ4n) is 3.19. The van der Waals surface area contributed by atoms with Crippen molar-refractivity contribution in [2.24, 2.45) is 4.99 Å². The lowest BCUT2D eigenvalue weighted by atomic mass is 9.99. The van der Waals surface area contributed by atoms with Crippen LogP contribution >= 0.6 is 11.3 Å². The summed E-state index contributed by atoms with van der Waals surface area (Å²) in [7, 11) is 0. The van der Waals surface area contributed by atoms with Crippen LogP contribution in [-0.4, -0.2) is 60.5 Å². The number of guanidine groups is 1. The predicted octanol–water partition coefficient (Wildman–Crippen LogP) is 1.28. The smallest absolute Gasteiger partial charge is 0.254 e. The molecule has 8 nitrogen and oxygen atoms in total. The number of aliphatic imine (C=N–C) groups is 1. The first kappa shape index (κ1) is 22.8. The van der Waals surface area contributed by atoms with Gasteiger partial charge in [-0.2, -0.15) is 11.3 Å². The van der Waals surface area contributed by atoms with E-state index in [4.69, 9.17) is 0 Å². The van der Waals surface area contributed by atoms with Gasteiger partial charge >= 0.3 is 0 Å². The monoisotopic (exact) mass is 443 g/mol. The van der Waals surface area contributed by atoms with Gasteiger partial charge in [0.1, 0.15) is 5.60 Å². The van der Waals surface area contributed by atoms with Crippen molar-refractivity contribution in [3.05, 3.63) is 57.8 Å². The molecule has 0 saturated carbocycles. The highest BCUT2D eigenvalue weighted by Gasteiger charge is 2.24. The molecule has 2 heterocycles. The molecule has 1 aliphatic rings. The van der Waals surface area contributed by atoms with Crippen LogP contribution in [0, 0.1) is 0 Å². The van der Waals surface area contributed by atoms with E-state index >= 15 is 0 Å². The largest absolute Gasteiger partial charge is 0.384 e. The number of nitrogens with one attached hydrogen (secondary N) is 3. The Morgan fingerprint density at radius 3 is 2.71 bits per heavy atom. The predicted molar refractivity (Wildman–Crippen MR) is 122 cm³/mol. The van der Waals surface area contributed by atoms with Gasteiger partial charge in [-0.1, -0.05) is 12.1 Å². The zero-order valence-electron chi connectivity index (χ0n) is 17.9. The van der Waals surface area contributed by atoms with Gasteiger partial charge in [0.15, 0.2) is 5.96 Å². The van der Waals surface area contributed by atoms with Crippen LogP contribution in [0.5, 0.6) is 0 Å². The average molecular weight is 444 g/mol. The molecule has 2 amide bonds. The number of hydrogen-bond donors (Lipinski definition) is 4. The van der Waals surface area contributed by atoms with Crippen molar-refractivity contribution in [3.63, 3.8) is 0 Å². The second-order valence-corrected chi connectivity index (χ2v) is 8.39. The molecule has 9 heteroatoms. The van der Waals surface area contributed by atoms with Crippen molar-refractivity contribution in [2.45, 2.75) is 26.0 Å². The zero-order valence-corrected chi connectivity index (χ0v) is 18.7. The number of carbonyl (C=O) groups is 2. The number of nitrogens with zero attached hydrogens (tertiary/aromatic N) is 2. The van der Waals surface area contributed by atoms with Crippen molar-refractivity contribution >= 4 is 29.1 Å². The maximum atomic E-state index is 12.6. The van der Waals surface area contributed by atoms with Crippen molar-refractivity contribution in [1.82, 2.24) is 20.9 Å². The molecule has 1 fully saturated rings. The van der Waals surface area contributed by atoms with Gasteiger partial charge in [0, 0.05) is 25.2 Å². The number of aliphatic hydroxyl groups is 1. The fraction of sp³-hybridized carbons (Fsp3) is 0.409. The first-order valence-electron chi connectivity index (χ1n) is 10.3. The lowest BCUT2D eigenvalue weighted by Crippen LogP contribution is -2.49. The number of rotatable bonds is 7. The number of hydrogen-bond acceptors (Lipinski definition) is 5. The minimum Gasteiger partial charge on any atom is -0.384 e. The van der Waals surface area contributed by atoms with Crippen LogP contribution in [0.4, 0.5) is 0 Å². The van der Waals surface area contributed by atoms with Crippen molar-refractivity contribution < 1.29 is 14.7 Å². The second kappa shape index (κ2) is 10.4. The van der Waals surface area contributed by atoms with Crippen molar-refractivity contribution in [2.75, 3.05) is 32.7 Å². The normalized spacial score (nSPS) is 16.4. The first-order chi connectivity index (χ1) is 14.9. The first-order valence-corrected chi connectivity index (χ1v) is 11.3. The molecule has 1 aromatic heterocycles. The van der Waals surface area contributed by atoms with Crippen LogP contribution in [0.15, 0.2) is 46.1 Å². The summed E-state index contributed by atoms with van der Waals surface area (Å²) in [5.74, 6) is 0.333. The van der Waals surface area contributed by atoms with E-state index in [2.05, 4.69) is 20.9 Å². The summed E-state index contributed by atoms with van der Waals surface area (Å²) in [6.45, 7) is 6.30. The van der Waals surface area contributed by atoms with E-state index in [9.17, 15) is 14.7 Å². The number of carbonyl (C=O) groups excluding carboxylic acids is 2. The van der Waals surface area contributed by atoms with Crippen LogP contribution in [0.1, 0.15) is 35.3 Å². The topological polar surface area (TPSA) is 106 Å². The maximum Gasteiger partial charge on any atom is 0.254 e. The van der Waals surface area contributed by atoms with E-state index in [1.165, 1.54) is 0 Å². The van der Waals surface area contributed by atoms with E-state index in [0.717, 1.165) is 11.1 Å². The lowest BCUT2D eigenvalue weighted by Gasteiger charge is -2.26. The van der Waals surface area contributed by atoms with Crippen molar-refractivity contribution in [3.8, 4) is 0 Å². The summed E-state index contributed by atoms with van der Waals surface area (Å²) < 4.78 is 0. The third-order valence-electron chi connectivity index (χ3n) is 5.03. The van der Waals surface area contributed by atoms with Crippen molar-refractivity contribution in [1.29, 1.82) is 0 Å². The molecule has 0 radical (unpaired) electrons. The molecule has 31 heavy (non-hydrogen) atoms. The minimum absolute atomic E-state index is 0.0950. The Morgan fingerprint density at radius 1 is 1.29 bits per heavy atom. The van der Waals surface area contributed by atoms with Crippen LogP contribution in [-0.2, 0) is 16.9 Å². The molecule has 166 valence electrons. The van der Waals surface area contributed by atoms with Gasteiger partial charge in [-0.3, -0.25) is 9.59 Å². The van der Waals surface area contributed by atoms with Crippen LogP contribution < -0.4 is 16.0 Å². The summed E-state index contributed by atoms with van der Waals surface area (Å²) in [6.07, 6.45) is 0. The van der Waals surface area contributed by atoms with Gasteiger partial charge in [0.05, 0.1) is 19.6 Å². The van der Waals surface area contributed by atoms with Gasteiger partial charge in [0.25, 0.3) is 5.91 Å². The highest BCUT2D eigenvalue weighted by atomic mass is 32.1. The summed E-state index contributed by atoms with van der Waals surface area (Å²) in [6, 6.07) is 9.18. The molecule has 1 saturated heterocycles. The quantitative estimate of drug-likeness (QED) is 0.381. The number of thiophene rings is 1. The molecule has 0 aliphatic carbocycles. The Kier molecular flexibility index (Phi) is 7.64. The van der Waals surface area contributed by atoms with Gasteiger partial charge in [-0.05, 0) is 53.9 Å². The van der Waals surface area contributed by atoms with E-state index in [-0.39, 0.29) is 18.4 Å². The lowest BCUT2D eigenvalue weighted by molar-refractivity contribution is -0.123. The Bertz CT molecular complexity index is 910. The highest BCUT2D eigenvalue weighted by molar-refractivity contribution is 7.08. The fourth-order valence-corrected chi connectivity index (χ4v) is 3.97.